The zero-order chi connectivity index (χ0) is 20.5. The van der Waals surface area contributed by atoms with Crippen LogP contribution >= 0.6 is 0 Å². The number of fused-ring (bicyclic) bond motifs is 2. The van der Waals surface area contributed by atoms with Crippen molar-refractivity contribution >= 4 is 12.0 Å². The molecule has 158 valence electrons. The van der Waals surface area contributed by atoms with Crippen LogP contribution in [-0.4, -0.2) is 72.5 Å². The summed E-state index contributed by atoms with van der Waals surface area (Å²) >= 11 is 0. The van der Waals surface area contributed by atoms with Gasteiger partial charge in [0.2, 0.25) is 5.91 Å². The summed E-state index contributed by atoms with van der Waals surface area (Å²) in [5.41, 5.74) is 1.95. The van der Waals surface area contributed by atoms with Crippen molar-refractivity contribution in [2.75, 3.05) is 45.8 Å². The van der Waals surface area contributed by atoms with Crippen molar-refractivity contribution in [1.82, 2.24) is 14.7 Å². The maximum Gasteiger partial charge on any atom is 0.237 e. The summed E-state index contributed by atoms with van der Waals surface area (Å²) in [6, 6.07) is 10.9. The van der Waals surface area contributed by atoms with Crippen LogP contribution in [-0.2, 0) is 4.79 Å². The predicted molar refractivity (Wildman–Crippen MR) is 120 cm³/mol. The number of carbonyl (C=O) groups excluding carboxylic acids is 1. The molecule has 2 heterocycles. The Morgan fingerprint density at radius 2 is 1.72 bits per heavy atom. The van der Waals surface area contributed by atoms with E-state index < -0.39 is 0 Å². The van der Waals surface area contributed by atoms with E-state index in [-0.39, 0.29) is 0 Å². The largest absolute Gasteiger partial charge is 0.338 e. The smallest absolute Gasteiger partial charge is 0.237 e. The van der Waals surface area contributed by atoms with Gasteiger partial charge in [-0.2, -0.15) is 0 Å². The fourth-order valence-electron chi connectivity index (χ4n) is 6.07. The SMILES string of the molecule is CC1(C)C[C@@H]2C[C@@](C)(CN2C(=O)CN2CCN(C/C=C/c3ccccc3)CC2)C1. The summed E-state index contributed by atoms with van der Waals surface area (Å²) in [6.07, 6.45) is 8.06. The number of carbonyl (C=O) groups is 1. The van der Waals surface area contributed by atoms with Gasteiger partial charge in [0.15, 0.2) is 0 Å². The molecule has 0 spiro atoms. The third-order valence-electron chi connectivity index (χ3n) is 7.03. The van der Waals surface area contributed by atoms with E-state index in [9.17, 15) is 4.79 Å². The second-order valence-corrected chi connectivity index (χ2v) is 10.6. The number of rotatable bonds is 5. The molecule has 4 nitrogen and oxygen atoms in total. The molecule has 0 radical (unpaired) electrons. The van der Waals surface area contributed by atoms with Gasteiger partial charge in [-0.3, -0.25) is 14.6 Å². The number of hydrogen-bond acceptors (Lipinski definition) is 3. The minimum Gasteiger partial charge on any atom is -0.338 e. The highest BCUT2D eigenvalue weighted by atomic mass is 16.2. The Morgan fingerprint density at radius 3 is 2.45 bits per heavy atom. The van der Waals surface area contributed by atoms with Crippen molar-refractivity contribution in [1.29, 1.82) is 0 Å². The Morgan fingerprint density at radius 1 is 1.03 bits per heavy atom. The van der Waals surface area contributed by atoms with Crippen molar-refractivity contribution in [2.45, 2.75) is 46.1 Å². The van der Waals surface area contributed by atoms with Crippen LogP contribution in [0.25, 0.3) is 6.08 Å². The van der Waals surface area contributed by atoms with Crippen molar-refractivity contribution in [3.8, 4) is 0 Å². The molecule has 2 saturated heterocycles. The van der Waals surface area contributed by atoms with Gasteiger partial charge in [-0.1, -0.05) is 63.3 Å². The molecule has 29 heavy (non-hydrogen) atoms. The van der Waals surface area contributed by atoms with Crippen LogP contribution in [0.5, 0.6) is 0 Å². The molecule has 3 aliphatic rings. The summed E-state index contributed by atoms with van der Waals surface area (Å²) in [6.45, 7) is 13.7. The lowest BCUT2D eigenvalue weighted by molar-refractivity contribution is -0.134. The summed E-state index contributed by atoms with van der Waals surface area (Å²) in [7, 11) is 0. The molecule has 0 unspecified atom stereocenters. The molecular formula is C25H37N3O. The number of amides is 1. The molecule has 2 atom stereocenters. The fourth-order valence-corrected chi connectivity index (χ4v) is 6.07. The Kier molecular flexibility index (Phi) is 5.85. The molecule has 0 aromatic heterocycles. The first-order valence-electron chi connectivity index (χ1n) is 11.3. The van der Waals surface area contributed by atoms with E-state index in [2.05, 4.69) is 71.9 Å². The molecule has 2 aliphatic heterocycles. The average Bonchev–Trinajstić information content (AvgIpc) is 2.93. The Bertz CT molecular complexity index is 736. The molecule has 1 amide bonds. The van der Waals surface area contributed by atoms with E-state index in [1.54, 1.807) is 0 Å². The van der Waals surface area contributed by atoms with Crippen molar-refractivity contribution in [3.05, 3.63) is 42.0 Å². The zero-order valence-corrected chi connectivity index (χ0v) is 18.4. The number of piperazine rings is 1. The molecule has 4 rings (SSSR count). The van der Waals surface area contributed by atoms with E-state index in [1.807, 2.05) is 6.07 Å². The molecule has 1 saturated carbocycles. The van der Waals surface area contributed by atoms with Gasteiger partial charge in [0, 0.05) is 45.3 Å². The van der Waals surface area contributed by atoms with Crippen LogP contribution in [0, 0.1) is 10.8 Å². The van der Waals surface area contributed by atoms with Crippen molar-refractivity contribution < 1.29 is 4.79 Å². The van der Waals surface area contributed by atoms with Crippen LogP contribution in [0.3, 0.4) is 0 Å². The predicted octanol–water partition coefficient (Wildman–Crippen LogP) is 3.74. The first-order valence-corrected chi connectivity index (χ1v) is 11.3. The standard InChI is InChI=1S/C25H37N3O/c1-24(2)16-22-17-25(3,19-24)20-28(22)23(29)18-27-14-12-26(13-15-27)11-7-10-21-8-5-4-6-9-21/h4-10,22H,11-20H2,1-3H3/b10-7+/t22-,25-/m1/s1. The maximum atomic E-state index is 13.1. The van der Waals surface area contributed by atoms with E-state index >= 15 is 0 Å². The highest BCUT2D eigenvalue weighted by Crippen LogP contribution is 2.52. The lowest BCUT2D eigenvalue weighted by atomic mass is 9.65. The second kappa shape index (κ2) is 8.23. The Labute approximate surface area is 176 Å². The summed E-state index contributed by atoms with van der Waals surface area (Å²) in [5.74, 6) is 0.355. The fraction of sp³-hybridized carbons (Fsp3) is 0.640. The molecule has 1 aliphatic carbocycles. The van der Waals surface area contributed by atoms with Crippen LogP contribution in [0.15, 0.2) is 36.4 Å². The zero-order valence-electron chi connectivity index (χ0n) is 18.4. The van der Waals surface area contributed by atoms with E-state index in [4.69, 9.17) is 0 Å². The minimum atomic E-state index is 0.325. The summed E-state index contributed by atoms with van der Waals surface area (Å²) < 4.78 is 0. The summed E-state index contributed by atoms with van der Waals surface area (Å²) in [4.78, 5) is 20.1. The van der Waals surface area contributed by atoms with Crippen molar-refractivity contribution in [3.63, 3.8) is 0 Å². The van der Waals surface area contributed by atoms with Gasteiger partial charge >= 0.3 is 0 Å². The van der Waals surface area contributed by atoms with E-state index in [0.717, 1.165) is 45.7 Å². The van der Waals surface area contributed by atoms with Crippen LogP contribution in [0.1, 0.15) is 45.6 Å². The van der Waals surface area contributed by atoms with Crippen molar-refractivity contribution in [2.24, 2.45) is 10.8 Å². The van der Waals surface area contributed by atoms with Gasteiger partial charge in [0.05, 0.1) is 6.54 Å². The Hall–Kier alpha value is -1.65. The topological polar surface area (TPSA) is 26.8 Å². The lowest BCUT2D eigenvalue weighted by Gasteiger charge is -2.39. The van der Waals surface area contributed by atoms with Crippen LogP contribution < -0.4 is 0 Å². The third kappa shape index (κ3) is 5.10. The summed E-state index contributed by atoms with van der Waals surface area (Å²) in [5, 5.41) is 0. The monoisotopic (exact) mass is 395 g/mol. The first kappa shape index (κ1) is 20.6. The minimum absolute atomic E-state index is 0.325. The number of benzene rings is 1. The van der Waals surface area contributed by atoms with Gasteiger partial charge < -0.3 is 4.90 Å². The third-order valence-corrected chi connectivity index (χ3v) is 7.03. The molecular weight excluding hydrogens is 358 g/mol. The molecule has 1 aromatic rings. The quantitative estimate of drug-likeness (QED) is 0.760. The molecule has 3 fully saturated rings. The highest BCUT2D eigenvalue weighted by Gasteiger charge is 2.50. The number of likely N-dealkylation sites (tertiary alicyclic amines) is 1. The normalized spacial score (nSPS) is 30.2. The van der Waals surface area contributed by atoms with Gasteiger partial charge in [-0.25, -0.2) is 0 Å². The van der Waals surface area contributed by atoms with E-state index in [0.29, 0.717) is 29.3 Å². The second-order valence-electron chi connectivity index (χ2n) is 10.6. The number of hydrogen-bond donors (Lipinski definition) is 0. The maximum absolute atomic E-state index is 13.1. The Balaban J connectivity index is 1.23. The number of nitrogens with zero attached hydrogens (tertiary/aromatic N) is 3. The molecule has 0 N–H and O–H groups in total. The lowest BCUT2D eigenvalue weighted by Crippen LogP contribution is -2.50. The van der Waals surface area contributed by atoms with Gasteiger partial charge in [0.25, 0.3) is 0 Å². The van der Waals surface area contributed by atoms with Crippen LogP contribution in [0.2, 0.25) is 0 Å². The van der Waals surface area contributed by atoms with Gasteiger partial charge in [-0.05, 0) is 35.7 Å². The molecule has 2 bridgehead atoms. The van der Waals surface area contributed by atoms with Gasteiger partial charge in [0.1, 0.15) is 0 Å². The molecule has 1 aromatic carbocycles. The average molecular weight is 396 g/mol. The highest BCUT2D eigenvalue weighted by molar-refractivity contribution is 5.79. The first-order chi connectivity index (χ1) is 13.8. The van der Waals surface area contributed by atoms with Crippen LogP contribution in [0.4, 0.5) is 0 Å². The van der Waals surface area contributed by atoms with E-state index in [1.165, 1.54) is 18.4 Å². The molecule has 4 heteroatoms. The van der Waals surface area contributed by atoms with Gasteiger partial charge in [-0.15, -0.1) is 0 Å².